The van der Waals surface area contributed by atoms with Gasteiger partial charge >= 0.3 is 31.7 Å². The fourth-order valence-electron chi connectivity index (χ4n) is 5.14. The lowest BCUT2D eigenvalue weighted by Gasteiger charge is -2.54. The lowest BCUT2D eigenvalue weighted by Crippen LogP contribution is -3.29. The Hall–Kier alpha value is 0.000649. The maximum Gasteiger partial charge on any atom is 0.512 e. The second kappa shape index (κ2) is 10.5. The third-order valence-electron chi connectivity index (χ3n) is 8.11. The molecule has 2 amide bonds. The molecule has 0 saturated carbocycles. The van der Waals surface area contributed by atoms with Gasteiger partial charge in [0, 0.05) is 42.7 Å². The summed E-state index contributed by atoms with van der Waals surface area (Å²) in [5.74, 6) is 0. The number of nitrogens with one attached hydrogen (secondary N) is 1. The van der Waals surface area contributed by atoms with Crippen molar-refractivity contribution in [3.63, 3.8) is 0 Å². The summed E-state index contributed by atoms with van der Waals surface area (Å²) in [6.45, 7) is 8.60. The predicted molar refractivity (Wildman–Crippen MR) is 124 cm³/mol. The predicted octanol–water partition coefficient (Wildman–Crippen LogP) is 0.916. The summed E-state index contributed by atoms with van der Waals surface area (Å²) < 4.78 is 35.2. The van der Waals surface area contributed by atoms with Crippen molar-refractivity contribution in [2.45, 2.75) is 56.3 Å². The van der Waals surface area contributed by atoms with Gasteiger partial charge in [-0.3, -0.25) is 0 Å². The molecule has 1 N–H and O–H groups in total. The van der Waals surface area contributed by atoms with E-state index < -0.39 is 25.7 Å². The standard InChI is InChI=1S/C19H43N2O7Si3/c1-23-29(7,24-2)16-10-14-21(15-12-18(21)31(9,27-5)28-6)19(22)20-13-11-17(20)30(8,25-3)26-4/h17-18H,10-16H2,1-9H3/q+1/p+1. The second-order valence-corrected chi connectivity index (χ2v) is 19.8. The number of carbonyl (C=O) groups is 1. The second-order valence-electron chi connectivity index (χ2n) is 9.20. The molecule has 0 bridgehead atoms. The van der Waals surface area contributed by atoms with Gasteiger partial charge in [-0.2, -0.15) is 4.79 Å². The summed E-state index contributed by atoms with van der Waals surface area (Å²) in [6, 6.07) is 1.09. The lowest BCUT2D eigenvalue weighted by molar-refractivity contribution is -1.01. The molecule has 2 fully saturated rings. The zero-order valence-corrected chi connectivity index (χ0v) is 23.9. The molecule has 2 heterocycles. The molecule has 4 unspecified atom stereocenters. The van der Waals surface area contributed by atoms with Crippen molar-refractivity contribution in [1.82, 2.24) is 0 Å². The van der Waals surface area contributed by atoms with Crippen LogP contribution >= 0.6 is 0 Å². The third-order valence-corrected chi connectivity index (χ3v) is 18.2. The van der Waals surface area contributed by atoms with Crippen LogP contribution in [0.1, 0.15) is 19.3 Å². The van der Waals surface area contributed by atoms with Crippen molar-refractivity contribution in [3.05, 3.63) is 0 Å². The fourth-order valence-corrected chi connectivity index (χ4v) is 11.5. The van der Waals surface area contributed by atoms with Gasteiger partial charge in [-0.25, -0.2) is 9.38 Å². The number of carbonyl (C=O) groups excluding carboxylic acids is 1. The summed E-state index contributed by atoms with van der Waals surface area (Å²) in [5, 5.41) is 0. The first-order valence-corrected chi connectivity index (χ1v) is 18.4. The Bertz CT molecular complexity index is 617. The van der Waals surface area contributed by atoms with Crippen molar-refractivity contribution >= 4 is 31.7 Å². The van der Waals surface area contributed by atoms with Crippen molar-refractivity contribution in [3.8, 4) is 0 Å². The van der Waals surface area contributed by atoms with Crippen LogP contribution in [-0.4, -0.2) is 110 Å². The number of rotatable bonds is 12. The number of amides is 2. The molecule has 2 aliphatic rings. The van der Waals surface area contributed by atoms with E-state index in [2.05, 4.69) is 19.6 Å². The molecular weight excluding hydrogens is 452 g/mol. The Morgan fingerprint density at radius 3 is 1.77 bits per heavy atom. The smallest absolute Gasteiger partial charge is 0.398 e. The molecule has 31 heavy (non-hydrogen) atoms. The molecule has 4 atom stereocenters. The number of quaternary nitrogens is 2. The number of nitrogens with zero attached hydrogens (tertiary/aromatic N) is 1. The maximum absolute atomic E-state index is 14.1. The molecule has 12 heteroatoms. The van der Waals surface area contributed by atoms with E-state index in [4.69, 9.17) is 26.6 Å². The molecule has 182 valence electrons. The summed E-state index contributed by atoms with van der Waals surface area (Å²) >= 11 is 0. The van der Waals surface area contributed by atoms with E-state index in [9.17, 15) is 4.79 Å². The van der Waals surface area contributed by atoms with Crippen LogP contribution in [0.2, 0.25) is 25.7 Å². The Kier molecular flexibility index (Phi) is 9.24. The average molecular weight is 497 g/mol. The van der Waals surface area contributed by atoms with Gasteiger partial charge in [-0.1, -0.05) is 0 Å². The summed E-state index contributed by atoms with van der Waals surface area (Å²) in [5.41, 5.74) is 0.196. The Balaban J connectivity index is 2.29. The minimum absolute atomic E-state index is 0.0831. The van der Waals surface area contributed by atoms with E-state index in [1.807, 2.05) is 0 Å². The molecule has 0 aromatic heterocycles. The fraction of sp³-hybridized carbons (Fsp3) is 0.947. The number of likely N-dealkylation sites (tertiary alicyclic amines) is 2. The Morgan fingerprint density at radius 2 is 1.42 bits per heavy atom. The van der Waals surface area contributed by atoms with Gasteiger partial charge in [0.05, 0.1) is 32.5 Å². The van der Waals surface area contributed by atoms with E-state index in [0.29, 0.717) is 4.48 Å². The van der Waals surface area contributed by atoms with Gasteiger partial charge in [0.15, 0.2) is 0 Å². The summed E-state index contributed by atoms with van der Waals surface area (Å²) in [4.78, 5) is 15.1. The van der Waals surface area contributed by atoms with Gasteiger partial charge in [0.2, 0.25) is 0 Å². The van der Waals surface area contributed by atoms with Gasteiger partial charge in [-0.05, 0) is 32.1 Å². The maximum atomic E-state index is 14.1. The minimum Gasteiger partial charge on any atom is -0.398 e. The van der Waals surface area contributed by atoms with E-state index in [1.165, 1.54) is 0 Å². The highest BCUT2D eigenvalue weighted by Crippen LogP contribution is 2.37. The monoisotopic (exact) mass is 496 g/mol. The van der Waals surface area contributed by atoms with Crippen LogP contribution in [0.5, 0.6) is 0 Å². The molecule has 0 aromatic rings. The van der Waals surface area contributed by atoms with Crippen molar-refractivity contribution < 1.29 is 40.7 Å². The van der Waals surface area contributed by atoms with Gasteiger partial charge in [0.25, 0.3) is 0 Å². The highest BCUT2D eigenvalue weighted by molar-refractivity contribution is 6.68. The number of hydrogen-bond donors (Lipinski definition) is 1. The number of urea groups is 1. The van der Waals surface area contributed by atoms with Gasteiger partial charge in [0.1, 0.15) is 11.3 Å². The third kappa shape index (κ3) is 4.94. The van der Waals surface area contributed by atoms with Crippen molar-refractivity contribution in [2.24, 2.45) is 0 Å². The lowest BCUT2D eigenvalue weighted by atomic mass is 10.1. The topological polar surface area (TPSA) is 76.9 Å². The highest BCUT2D eigenvalue weighted by Gasteiger charge is 2.69. The van der Waals surface area contributed by atoms with Crippen LogP contribution in [0.3, 0.4) is 0 Å². The molecular formula is C19H44N2O7Si3+2. The molecule has 0 aromatic carbocycles. The SMILES string of the molecule is CO[Si](C)(CCC[N+]1(C(=O)[NH+]2CCC2[Si](C)(OC)OC)CCC1[Si](C)(OC)OC)OC. The minimum atomic E-state index is -2.51. The van der Waals surface area contributed by atoms with Crippen LogP contribution in [0.15, 0.2) is 0 Å². The molecule has 0 radical (unpaired) electrons. The number of hydrogen-bond acceptors (Lipinski definition) is 7. The average Bonchev–Trinajstić information content (AvgIpc) is 2.74. The molecule has 2 saturated heterocycles. The molecule has 9 nitrogen and oxygen atoms in total. The van der Waals surface area contributed by atoms with Crippen LogP contribution in [0, 0.1) is 0 Å². The molecule has 2 aliphatic heterocycles. The quantitative estimate of drug-likeness (QED) is 0.318. The van der Waals surface area contributed by atoms with Crippen LogP contribution < -0.4 is 4.90 Å². The highest BCUT2D eigenvalue weighted by atomic mass is 28.4. The Morgan fingerprint density at radius 1 is 0.871 bits per heavy atom. The summed E-state index contributed by atoms with van der Waals surface area (Å²) in [6.07, 6.45) is 2.77. The van der Waals surface area contributed by atoms with E-state index in [0.717, 1.165) is 49.8 Å². The Labute approximate surface area is 191 Å². The van der Waals surface area contributed by atoms with Crippen LogP contribution in [-0.2, 0) is 26.6 Å². The first kappa shape index (κ1) is 27.2. The van der Waals surface area contributed by atoms with E-state index in [1.54, 1.807) is 42.7 Å². The molecule has 0 spiro atoms. The normalized spacial score (nSPS) is 29.4. The zero-order chi connectivity index (χ0) is 23.5. The molecule has 0 aliphatic carbocycles. The first-order valence-electron chi connectivity index (χ1n) is 11.1. The van der Waals surface area contributed by atoms with Gasteiger partial charge < -0.3 is 26.6 Å². The molecule has 2 rings (SSSR count). The zero-order valence-electron chi connectivity index (χ0n) is 20.9. The van der Waals surface area contributed by atoms with Crippen LogP contribution in [0.25, 0.3) is 0 Å². The van der Waals surface area contributed by atoms with Gasteiger partial charge in [-0.15, -0.1) is 0 Å². The first-order chi connectivity index (χ1) is 14.5. The van der Waals surface area contributed by atoms with Crippen molar-refractivity contribution in [1.29, 1.82) is 0 Å². The largest absolute Gasteiger partial charge is 0.512 e. The van der Waals surface area contributed by atoms with E-state index in [-0.39, 0.29) is 17.4 Å². The van der Waals surface area contributed by atoms with E-state index >= 15 is 0 Å². The van der Waals surface area contributed by atoms with Crippen LogP contribution in [0.4, 0.5) is 4.79 Å². The summed E-state index contributed by atoms with van der Waals surface area (Å²) in [7, 11) is 3.15. The van der Waals surface area contributed by atoms with Crippen molar-refractivity contribution in [2.75, 3.05) is 62.3 Å².